The molecule has 1 saturated heterocycles. The minimum absolute atomic E-state index is 0. The number of para-hydroxylation sites is 2. The molecule has 3 fully saturated rings. The Labute approximate surface area is 192 Å². The van der Waals surface area contributed by atoms with E-state index in [0.717, 1.165) is 35.1 Å². The van der Waals surface area contributed by atoms with E-state index in [1.165, 1.54) is 64.5 Å². The van der Waals surface area contributed by atoms with Gasteiger partial charge < -0.3 is 9.47 Å². The van der Waals surface area contributed by atoms with Crippen molar-refractivity contribution >= 4 is 12.4 Å². The van der Waals surface area contributed by atoms with Gasteiger partial charge in [-0.15, -0.1) is 12.4 Å². The quantitative estimate of drug-likeness (QED) is 0.539. The molecule has 0 spiro atoms. The van der Waals surface area contributed by atoms with Crippen LogP contribution in [0.25, 0.3) is 0 Å². The van der Waals surface area contributed by atoms with Gasteiger partial charge in [-0.3, -0.25) is 4.90 Å². The van der Waals surface area contributed by atoms with E-state index in [-0.39, 0.29) is 12.4 Å². The summed E-state index contributed by atoms with van der Waals surface area (Å²) in [7, 11) is 1.70. The molecule has 0 aromatic heterocycles. The summed E-state index contributed by atoms with van der Waals surface area (Å²) >= 11 is 0. The van der Waals surface area contributed by atoms with Crippen LogP contribution in [0.1, 0.15) is 56.1 Å². The third-order valence-electron chi connectivity index (χ3n) is 8.41. The standard InChI is InChI=1S/C27H33NO2.ClH/c1-29-25-7-2-3-8-26(25)30-21-12-11-20-16-24-22-6-4-5-13-27(22,23(20)17-21)14-15-28(24)18-19-9-10-19;/h2-3,7-8,11-12,17,19,22,24H,4-6,9-10,13-16,18H2,1H3;1H/t22-,24+,27+;/m0./s1. The highest BCUT2D eigenvalue weighted by molar-refractivity contribution is 5.85. The molecule has 3 nitrogen and oxygen atoms in total. The molecule has 1 aliphatic heterocycles. The lowest BCUT2D eigenvalue weighted by Crippen LogP contribution is -2.61. The van der Waals surface area contributed by atoms with Crippen LogP contribution in [0.4, 0.5) is 0 Å². The van der Waals surface area contributed by atoms with E-state index in [4.69, 9.17) is 9.47 Å². The van der Waals surface area contributed by atoms with Gasteiger partial charge in [0.25, 0.3) is 0 Å². The zero-order valence-electron chi connectivity index (χ0n) is 18.5. The van der Waals surface area contributed by atoms with Gasteiger partial charge >= 0.3 is 0 Å². The summed E-state index contributed by atoms with van der Waals surface area (Å²) in [6.45, 7) is 2.64. The number of benzene rings is 2. The summed E-state index contributed by atoms with van der Waals surface area (Å²) < 4.78 is 11.8. The number of ether oxygens (including phenoxy) is 2. The van der Waals surface area contributed by atoms with E-state index in [9.17, 15) is 0 Å². The fourth-order valence-electron chi connectivity index (χ4n) is 6.82. The molecule has 0 radical (unpaired) electrons. The third kappa shape index (κ3) is 3.64. The smallest absolute Gasteiger partial charge is 0.169 e. The highest BCUT2D eigenvalue weighted by Crippen LogP contribution is 2.56. The van der Waals surface area contributed by atoms with Gasteiger partial charge in [-0.2, -0.15) is 0 Å². The predicted octanol–water partition coefficient (Wildman–Crippen LogP) is 6.38. The summed E-state index contributed by atoms with van der Waals surface area (Å²) in [5.74, 6) is 4.35. The second-order valence-corrected chi connectivity index (χ2v) is 10.0. The van der Waals surface area contributed by atoms with Gasteiger partial charge in [0, 0.05) is 18.0 Å². The zero-order valence-corrected chi connectivity index (χ0v) is 19.3. The van der Waals surface area contributed by atoms with Crippen molar-refractivity contribution in [2.24, 2.45) is 11.8 Å². The number of hydrogen-bond donors (Lipinski definition) is 0. The summed E-state index contributed by atoms with van der Waals surface area (Å²) in [5.41, 5.74) is 3.55. The fraction of sp³-hybridized carbons (Fsp3) is 0.556. The summed E-state index contributed by atoms with van der Waals surface area (Å²) in [6.07, 6.45) is 11.0. The number of fused-ring (bicyclic) bond motifs is 1. The van der Waals surface area contributed by atoms with Crippen LogP contribution < -0.4 is 9.47 Å². The molecule has 4 aliphatic rings. The molecule has 3 aliphatic carbocycles. The molecule has 2 aromatic rings. The van der Waals surface area contributed by atoms with Gasteiger partial charge in [0.1, 0.15) is 5.75 Å². The molecule has 2 bridgehead atoms. The maximum atomic E-state index is 6.33. The van der Waals surface area contributed by atoms with Crippen molar-refractivity contribution in [2.75, 3.05) is 20.2 Å². The lowest BCUT2D eigenvalue weighted by atomic mass is 9.52. The first-order valence-corrected chi connectivity index (χ1v) is 12.0. The van der Waals surface area contributed by atoms with Gasteiger partial charge in [0.05, 0.1) is 7.11 Å². The molecule has 2 saturated carbocycles. The second kappa shape index (κ2) is 8.33. The second-order valence-electron chi connectivity index (χ2n) is 10.0. The Hall–Kier alpha value is -1.71. The molecular formula is C27H34ClNO2. The maximum Gasteiger partial charge on any atom is 0.169 e. The molecule has 31 heavy (non-hydrogen) atoms. The minimum Gasteiger partial charge on any atom is -0.493 e. The average molecular weight is 440 g/mol. The Balaban J connectivity index is 0.00000204. The molecule has 0 N–H and O–H groups in total. The van der Waals surface area contributed by atoms with Crippen LogP contribution >= 0.6 is 12.4 Å². The van der Waals surface area contributed by atoms with Gasteiger partial charge in [0.15, 0.2) is 11.5 Å². The minimum atomic E-state index is 0. The van der Waals surface area contributed by atoms with Crippen molar-refractivity contribution in [1.29, 1.82) is 0 Å². The summed E-state index contributed by atoms with van der Waals surface area (Å²) in [5, 5.41) is 0. The topological polar surface area (TPSA) is 21.7 Å². The number of nitrogens with zero attached hydrogens (tertiary/aromatic N) is 1. The van der Waals surface area contributed by atoms with Crippen molar-refractivity contribution in [3.05, 3.63) is 53.6 Å². The van der Waals surface area contributed by atoms with Gasteiger partial charge in [0.2, 0.25) is 0 Å². The first-order valence-electron chi connectivity index (χ1n) is 12.0. The predicted molar refractivity (Wildman–Crippen MR) is 127 cm³/mol. The molecule has 3 atom stereocenters. The van der Waals surface area contributed by atoms with Crippen molar-refractivity contribution in [2.45, 2.75) is 62.8 Å². The van der Waals surface area contributed by atoms with Crippen LogP contribution in [0, 0.1) is 11.8 Å². The van der Waals surface area contributed by atoms with E-state index in [2.05, 4.69) is 23.1 Å². The van der Waals surface area contributed by atoms with Crippen LogP contribution in [-0.2, 0) is 11.8 Å². The molecule has 166 valence electrons. The average Bonchev–Trinajstić information content (AvgIpc) is 3.60. The Morgan fingerprint density at radius 2 is 1.84 bits per heavy atom. The number of hydrogen-bond acceptors (Lipinski definition) is 3. The molecule has 1 heterocycles. The van der Waals surface area contributed by atoms with E-state index in [0.29, 0.717) is 5.41 Å². The molecule has 0 amide bonds. The van der Waals surface area contributed by atoms with E-state index < -0.39 is 0 Å². The Morgan fingerprint density at radius 3 is 2.65 bits per heavy atom. The van der Waals surface area contributed by atoms with Crippen molar-refractivity contribution < 1.29 is 9.47 Å². The Morgan fingerprint density at radius 1 is 1.00 bits per heavy atom. The number of rotatable bonds is 5. The maximum absolute atomic E-state index is 6.33. The van der Waals surface area contributed by atoms with Crippen molar-refractivity contribution in [3.63, 3.8) is 0 Å². The SMILES string of the molecule is COc1ccccc1Oc1ccc2c(c1)[C@@]13CCCC[C@H]1[C@@H](C2)N(CC1CC1)CC3.Cl. The summed E-state index contributed by atoms with van der Waals surface area (Å²) in [6, 6.07) is 15.6. The normalized spacial score (nSPS) is 29.3. The van der Waals surface area contributed by atoms with E-state index >= 15 is 0 Å². The van der Waals surface area contributed by atoms with Gasteiger partial charge in [-0.05, 0) is 92.3 Å². The third-order valence-corrected chi connectivity index (χ3v) is 8.41. The van der Waals surface area contributed by atoms with Gasteiger partial charge in [-0.25, -0.2) is 0 Å². The van der Waals surface area contributed by atoms with Crippen LogP contribution in [-0.4, -0.2) is 31.1 Å². The largest absolute Gasteiger partial charge is 0.493 e. The first-order chi connectivity index (χ1) is 14.8. The zero-order chi connectivity index (χ0) is 20.1. The number of methoxy groups -OCH3 is 1. The Kier molecular flexibility index (Phi) is 5.68. The number of piperidine rings is 1. The Bertz CT molecular complexity index is 943. The van der Waals surface area contributed by atoms with Crippen LogP contribution in [0.3, 0.4) is 0 Å². The highest BCUT2D eigenvalue weighted by Gasteiger charge is 2.54. The van der Waals surface area contributed by atoms with Crippen molar-refractivity contribution in [3.8, 4) is 17.2 Å². The lowest BCUT2D eigenvalue weighted by Gasteiger charge is -2.59. The van der Waals surface area contributed by atoms with Crippen LogP contribution in [0.2, 0.25) is 0 Å². The van der Waals surface area contributed by atoms with E-state index in [1.54, 1.807) is 18.2 Å². The number of likely N-dealkylation sites (tertiary alicyclic amines) is 1. The molecular weight excluding hydrogens is 406 g/mol. The molecule has 4 heteroatoms. The molecule has 2 aromatic carbocycles. The first kappa shape index (κ1) is 21.2. The summed E-state index contributed by atoms with van der Waals surface area (Å²) in [4.78, 5) is 2.88. The van der Waals surface area contributed by atoms with Crippen molar-refractivity contribution in [1.82, 2.24) is 4.90 Å². The fourth-order valence-corrected chi connectivity index (χ4v) is 6.82. The van der Waals surface area contributed by atoms with Gasteiger partial charge in [-0.1, -0.05) is 31.0 Å². The van der Waals surface area contributed by atoms with E-state index in [1.807, 2.05) is 24.3 Å². The lowest BCUT2D eigenvalue weighted by molar-refractivity contribution is -0.0134. The highest BCUT2D eigenvalue weighted by atomic mass is 35.5. The number of halogens is 1. The monoisotopic (exact) mass is 439 g/mol. The van der Waals surface area contributed by atoms with Crippen LogP contribution in [0.15, 0.2) is 42.5 Å². The van der Waals surface area contributed by atoms with Crippen LogP contribution in [0.5, 0.6) is 17.2 Å². The molecule has 6 rings (SSSR count). The molecule has 0 unspecified atom stereocenters.